The molecular formula is C18H11F4N5OS. The molecule has 0 aliphatic heterocycles. The zero-order chi connectivity index (χ0) is 20.4. The summed E-state index contributed by atoms with van der Waals surface area (Å²) in [4.78, 5) is 15.8. The Hall–Kier alpha value is -3.34. The molecule has 0 amide bonds. The van der Waals surface area contributed by atoms with Gasteiger partial charge >= 0.3 is 0 Å². The topological polar surface area (TPSA) is 72.8 Å². The van der Waals surface area contributed by atoms with Crippen molar-refractivity contribution in [1.29, 1.82) is 0 Å². The van der Waals surface area contributed by atoms with Crippen molar-refractivity contribution >= 4 is 27.5 Å². The molecule has 3 heterocycles. The van der Waals surface area contributed by atoms with E-state index in [1.165, 1.54) is 29.8 Å². The van der Waals surface area contributed by atoms with Crippen LogP contribution in [0.25, 0.3) is 10.3 Å². The van der Waals surface area contributed by atoms with Gasteiger partial charge in [-0.05, 0) is 24.1 Å². The molecule has 4 rings (SSSR count). The second-order valence-electron chi connectivity index (χ2n) is 5.80. The fourth-order valence-electron chi connectivity index (χ4n) is 2.55. The van der Waals surface area contributed by atoms with Gasteiger partial charge in [0.1, 0.15) is 22.4 Å². The molecule has 0 radical (unpaired) electrons. The fraction of sp³-hybridized carbons (Fsp3) is 0.111. The summed E-state index contributed by atoms with van der Waals surface area (Å²) in [5.41, 5.74) is 3.28. The number of benzene rings is 1. The van der Waals surface area contributed by atoms with Crippen LogP contribution >= 0.6 is 11.3 Å². The summed E-state index contributed by atoms with van der Waals surface area (Å²) >= 11 is 1.42. The number of nitrogens with zero attached hydrogens (tertiary/aromatic N) is 4. The zero-order valence-electron chi connectivity index (χ0n) is 14.5. The van der Waals surface area contributed by atoms with Crippen molar-refractivity contribution in [2.75, 3.05) is 11.9 Å². The van der Waals surface area contributed by atoms with Crippen molar-refractivity contribution in [3.63, 3.8) is 0 Å². The van der Waals surface area contributed by atoms with Gasteiger partial charge < -0.3 is 10.1 Å². The zero-order valence-corrected chi connectivity index (χ0v) is 15.3. The Labute approximate surface area is 165 Å². The van der Waals surface area contributed by atoms with Crippen LogP contribution in [0.15, 0.2) is 36.1 Å². The van der Waals surface area contributed by atoms with Crippen LogP contribution in [-0.4, -0.2) is 26.5 Å². The summed E-state index contributed by atoms with van der Waals surface area (Å²) in [6.45, 7) is 0.549. The molecule has 0 aliphatic carbocycles. The molecule has 0 saturated heterocycles. The number of hydrogen-bond acceptors (Lipinski definition) is 7. The highest BCUT2D eigenvalue weighted by molar-refractivity contribution is 7.16. The third-order valence-electron chi connectivity index (χ3n) is 3.94. The van der Waals surface area contributed by atoms with E-state index in [9.17, 15) is 17.6 Å². The van der Waals surface area contributed by atoms with Crippen LogP contribution in [0.1, 0.15) is 5.56 Å². The minimum atomic E-state index is -1.78. The third kappa shape index (κ3) is 3.94. The van der Waals surface area contributed by atoms with Crippen molar-refractivity contribution in [3.05, 3.63) is 65.2 Å². The van der Waals surface area contributed by atoms with E-state index in [1.807, 2.05) is 0 Å². The largest absolute Gasteiger partial charge is 0.451 e. The molecule has 148 valence electrons. The van der Waals surface area contributed by atoms with E-state index in [2.05, 4.69) is 25.3 Å². The number of anilines is 1. The number of rotatable bonds is 6. The Balaban J connectivity index is 1.40. The average molecular weight is 421 g/mol. The number of ether oxygens (including phenoxy) is 1. The van der Waals surface area contributed by atoms with Crippen LogP contribution in [0.4, 0.5) is 23.4 Å². The van der Waals surface area contributed by atoms with Crippen molar-refractivity contribution in [3.8, 4) is 11.5 Å². The van der Waals surface area contributed by atoms with Crippen LogP contribution in [0, 0.1) is 23.5 Å². The van der Waals surface area contributed by atoms with Gasteiger partial charge in [0.25, 0.3) is 11.9 Å². The van der Waals surface area contributed by atoms with Gasteiger partial charge in [0.15, 0.2) is 5.82 Å². The molecule has 11 heteroatoms. The van der Waals surface area contributed by atoms with Crippen LogP contribution < -0.4 is 10.1 Å². The van der Waals surface area contributed by atoms with Gasteiger partial charge in [-0.2, -0.15) is 22.5 Å². The minimum Gasteiger partial charge on any atom is -0.451 e. The normalized spacial score (nSPS) is 11.0. The van der Waals surface area contributed by atoms with Crippen molar-refractivity contribution in [2.24, 2.45) is 0 Å². The van der Waals surface area contributed by atoms with E-state index in [0.717, 1.165) is 10.4 Å². The van der Waals surface area contributed by atoms with Crippen molar-refractivity contribution in [1.82, 2.24) is 19.9 Å². The number of halogens is 4. The number of fused-ring (bicyclic) bond motifs is 1. The summed E-state index contributed by atoms with van der Waals surface area (Å²) in [5, 5.41) is 3.18. The number of pyridine rings is 1. The highest BCUT2D eigenvalue weighted by Gasteiger charge is 2.22. The SMILES string of the molecule is Fc1nc(F)c(F)c(Oc2ccc(CCNc3ncnc4scnc34)cc2)c1F. The molecule has 29 heavy (non-hydrogen) atoms. The second kappa shape index (κ2) is 7.95. The van der Waals surface area contributed by atoms with Crippen LogP contribution in [0.5, 0.6) is 11.5 Å². The van der Waals surface area contributed by atoms with Gasteiger partial charge in [-0.3, -0.25) is 0 Å². The van der Waals surface area contributed by atoms with E-state index < -0.39 is 29.3 Å². The maximum Gasteiger partial charge on any atom is 0.255 e. The highest BCUT2D eigenvalue weighted by atomic mass is 32.1. The third-order valence-corrected chi connectivity index (χ3v) is 4.67. The Morgan fingerprint density at radius 1 is 0.931 bits per heavy atom. The van der Waals surface area contributed by atoms with Crippen LogP contribution in [-0.2, 0) is 6.42 Å². The lowest BCUT2D eigenvalue weighted by Gasteiger charge is -2.10. The minimum absolute atomic E-state index is 0.0180. The Kier molecular flexibility index (Phi) is 5.21. The Morgan fingerprint density at radius 3 is 2.38 bits per heavy atom. The Bertz CT molecular complexity index is 1140. The van der Waals surface area contributed by atoms with Crippen molar-refractivity contribution < 1.29 is 22.3 Å². The molecule has 1 aromatic carbocycles. The number of nitrogens with one attached hydrogen (secondary N) is 1. The van der Waals surface area contributed by atoms with Crippen LogP contribution in [0.3, 0.4) is 0 Å². The number of thiazole rings is 1. The lowest BCUT2D eigenvalue weighted by atomic mass is 10.1. The maximum absolute atomic E-state index is 13.6. The summed E-state index contributed by atoms with van der Waals surface area (Å²) in [6, 6.07) is 6.21. The summed E-state index contributed by atoms with van der Waals surface area (Å²) in [7, 11) is 0. The molecule has 6 nitrogen and oxygen atoms in total. The first-order valence-electron chi connectivity index (χ1n) is 8.28. The van der Waals surface area contributed by atoms with Crippen LogP contribution in [0.2, 0.25) is 0 Å². The maximum atomic E-state index is 13.6. The lowest BCUT2D eigenvalue weighted by molar-refractivity contribution is 0.343. The predicted molar refractivity (Wildman–Crippen MR) is 98.0 cm³/mol. The lowest BCUT2D eigenvalue weighted by Crippen LogP contribution is -2.07. The summed E-state index contributed by atoms with van der Waals surface area (Å²) < 4.78 is 58.5. The highest BCUT2D eigenvalue weighted by Crippen LogP contribution is 2.29. The van der Waals surface area contributed by atoms with E-state index in [-0.39, 0.29) is 5.75 Å². The molecule has 0 aliphatic rings. The number of aromatic nitrogens is 4. The summed E-state index contributed by atoms with van der Waals surface area (Å²) in [6.07, 6.45) is 2.06. The fourth-order valence-corrected chi connectivity index (χ4v) is 3.18. The monoisotopic (exact) mass is 421 g/mol. The quantitative estimate of drug-likeness (QED) is 0.366. The Morgan fingerprint density at radius 2 is 1.66 bits per heavy atom. The standard InChI is InChI=1S/C18H11F4N5OS/c19-11-14(12(20)16(22)27-15(11)21)28-10-3-1-9(2-4-10)5-6-23-17-13-18(25-7-24-17)29-8-26-13/h1-4,7-8H,5-6H2,(H,23,24,25). The van der Waals surface area contributed by atoms with E-state index in [0.29, 0.717) is 24.3 Å². The first kappa shape index (κ1) is 19.0. The first-order valence-corrected chi connectivity index (χ1v) is 9.15. The predicted octanol–water partition coefficient (Wildman–Crippen LogP) is 4.48. The van der Waals surface area contributed by atoms with Gasteiger partial charge in [-0.25, -0.2) is 15.0 Å². The van der Waals surface area contributed by atoms with Gasteiger partial charge in [0.05, 0.1) is 5.51 Å². The molecule has 1 N–H and O–H groups in total. The molecular weight excluding hydrogens is 410 g/mol. The first-order chi connectivity index (χ1) is 14.0. The summed E-state index contributed by atoms with van der Waals surface area (Å²) in [5.74, 6) is -7.49. The van der Waals surface area contributed by atoms with E-state index in [1.54, 1.807) is 17.6 Å². The van der Waals surface area contributed by atoms with Gasteiger partial charge in [-0.15, -0.1) is 11.3 Å². The van der Waals surface area contributed by atoms with Gasteiger partial charge in [0.2, 0.25) is 17.4 Å². The average Bonchev–Trinajstić information content (AvgIpc) is 3.21. The smallest absolute Gasteiger partial charge is 0.255 e. The van der Waals surface area contributed by atoms with Crippen molar-refractivity contribution in [2.45, 2.75) is 6.42 Å². The molecule has 0 atom stereocenters. The molecule has 0 fully saturated rings. The van der Waals surface area contributed by atoms with Gasteiger partial charge in [0, 0.05) is 6.54 Å². The molecule has 0 bridgehead atoms. The molecule has 0 unspecified atom stereocenters. The van der Waals surface area contributed by atoms with E-state index >= 15 is 0 Å². The molecule has 4 aromatic rings. The molecule has 0 spiro atoms. The second-order valence-corrected chi connectivity index (χ2v) is 6.63. The van der Waals surface area contributed by atoms with Gasteiger partial charge in [-0.1, -0.05) is 12.1 Å². The van der Waals surface area contributed by atoms with E-state index in [4.69, 9.17) is 4.74 Å². The molecule has 3 aromatic heterocycles. The molecule has 0 saturated carbocycles. The number of hydrogen-bond donors (Lipinski definition) is 1.